The SMILES string of the molecule is Cc1cc(Br)ccc1NC(=O)CNC(=O)CCc1cccnc1. The van der Waals surface area contributed by atoms with Crippen molar-refractivity contribution >= 4 is 33.4 Å². The van der Waals surface area contributed by atoms with Gasteiger partial charge in [0, 0.05) is 29.0 Å². The average Bonchev–Trinajstić information content (AvgIpc) is 2.54. The number of hydrogen-bond donors (Lipinski definition) is 2. The number of nitrogens with one attached hydrogen (secondary N) is 2. The number of aryl methyl sites for hydroxylation is 2. The molecule has 0 fully saturated rings. The van der Waals surface area contributed by atoms with Crippen LogP contribution in [0.25, 0.3) is 0 Å². The first-order chi connectivity index (χ1) is 11.0. The predicted molar refractivity (Wildman–Crippen MR) is 93.1 cm³/mol. The van der Waals surface area contributed by atoms with Gasteiger partial charge in [0.25, 0.3) is 0 Å². The molecule has 120 valence electrons. The van der Waals surface area contributed by atoms with Crippen molar-refractivity contribution in [3.63, 3.8) is 0 Å². The van der Waals surface area contributed by atoms with E-state index in [1.165, 1.54) is 0 Å². The number of aromatic nitrogens is 1. The highest BCUT2D eigenvalue weighted by Crippen LogP contribution is 2.19. The molecule has 0 bridgehead atoms. The number of pyridine rings is 1. The van der Waals surface area contributed by atoms with Crippen LogP contribution in [0.3, 0.4) is 0 Å². The number of anilines is 1. The van der Waals surface area contributed by atoms with E-state index in [0.29, 0.717) is 12.8 Å². The normalized spacial score (nSPS) is 10.2. The van der Waals surface area contributed by atoms with Gasteiger partial charge in [-0.3, -0.25) is 14.6 Å². The molecule has 0 saturated heterocycles. The fourth-order valence-electron chi connectivity index (χ4n) is 2.03. The second kappa shape index (κ2) is 8.43. The van der Waals surface area contributed by atoms with Crippen molar-refractivity contribution in [2.24, 2.45) is 0 Å². The van der Waals surface area contributed by atoms with Crippen LogP contribution in [-0.4, -0.2) is 23.3 Å². The Bertz CT molecular complexity index is 689. The summed E-state index contributed by atoms with van der Waals surface area (Å²) in [5.41, 5.74) is 2.69. The monoisotopic (exact) mass is 375 g/mol. The van der Waals surface area contributed by atoms with Gasteiger partial charge in [0.05, 0.1) is 6.54 Å². The minimum atomic E-state index is -0.245. The van der Waals surface area contributed by atoms with Crippen molar-refractivity contribution in [2.45, 2.75) is 19.8 Å². The van der Waals surface area contributed by atoms with E-state index in [2.05, 4.69) is 31.5 Å². The molecule has 23 heavy (non-hydrogen) atoms. The molecule has 0 aliphatic rings. The van der Waals surface area contributed by atoms with E-state index in [4.69, 9.17) is 0 Å². The number of amides is 2. The molecule has 0 saturated carbocycles. The van der Waals surface area contributed by atoms with Gasteiger partial charge in [0.2, 0.25) is 11.8 Å². The first-order valence-corrected chi connectivity index (χ1v) is 8.05. The van der Waals surface area contributed by atoms with Gasteiger partial charge in [0.15, 0.2) is 0 Å². The molecule has 0 radical (unpaired) electrons. The van der Waals surface area contributed by atoms with Gasteiger partial charge in [-0.1, -0.05) is 22.0 Å². The first kappa shape index (κ1) is 17.1. The lowest BCUT2D eigenvalue weighted by atomic mass is 10.1. The fourth-order valence-corrected chi connectivity index (χ4v) is 2.51. The van der Waals surface area contributed by atoms with Gasteiger partial charge in [-0.2, -0.15) is 0 Å². The zero-order chi connectivity index (χ0) is 16.7. The minimum Gasteiger partial charge on any atom is -0.347 e. The summed E-state index contributed by atoms with van der Waals surface area (Å²) in [6, 6.07) is 9.35. The molecule has 6 heteroatoms. The zero-order valence-corrected chi connectivity index (χ0v) is 14.4. The van der Waals surface area contributed by atoms with E-state index in [9.17, 15) is 9.59 Å². The smallest absolute Gasteiger partial charge is 0.243 e. The molecule has 2 amide bonds. The molecule has 1 aromatic carbocycles. The van der Waals surface area contributed by atoms with Crippen molar-refractivity contribution in [3.05, 3.63) is 58.3 Å². The predicted octanol–water partition coefficient (Wildman–Crippen LogP) is 2.84. The van der Waals surface area contributed by atoms with Crippen LogP contribution in [0, 0.1) is 6.92 Å². The van der Waals surface area contributed by atoms with Crippen LogP contribution in [0.2, 0.25) is 0 Å². The summed E-state index contributed by atoms with van der Waals surface area (Å²) in [4.78, 5) is 27.6. The molecule has 0 aliphatic heterocycles. The molecule has 5 nitrogen and oxygen atoms in total. The molecular weight excluding hydrogens is 358 g/mol. The van der Waals surface area contributed by atoms with E-state index in [1.807, 2.05) is 37.3 Å². The summed E-state index contributed by atoms with van der Waals surface area (Å²) >= 11 is 3.37. The van der Waals surface area contributed by atoms with Crippen LogP contribution in [0.1, 0.15) is 17.5 Å². The maximum atomic E-state index is 11.9. The van der Waals surface area contributed by atoms with Gasteiger partial charge in [0.1, 0.15) is 0 Å². The molecule has 2 rings (SSSR count). The van der Waals surface area contributed by atoms with Crippen molar-refractivity contribution in [1.29, 1.82) is 0 Å². The molecule has 2 N–H and O–H groups in total. The first-order valence-electron chi connectivity index (χ1n) is 7.26. The molecule has 1 aromatic heterocycles. The van der Waals surface area contributed by atoms with Gasteiger partial charge in [-0.05, 0) is 48.7 Å². The molecule has 0 atom stereocenters. The quantitative estimate of drug-likeness (QED) is 0.815. The van der Waals surface area contributed by atoms with Crippen LogP contribution in [0.15, 0.2) is 47.2 Å². The third-order valence-corrected chi connectivity index (χ3v) is 3.77. The Kier molecular flexibility index (Phi) is 6.29. The summed E-state index contributed by atoms with van der Waals surface area (Å²) in [5.74, 6) is -0.401. The van der Waals surface area contributed by atoms with Crippen LogP contribution in [0.4, 0.5) is 5.69 Å². The third-order valence-electron chi connectivity index (χ3n) is 3.27. The summed E-state index contributed by atoms with van der Waals surface area (Å²) in [5, 5.41) is 5.41. The molecule has 2 aromatic rings. The topological polar surface area (TPSA) is 71.1 Å². The molecule has 1 heterocycles. The Morgan fingerprint density at radius 2 is 2.04 bits per heavy atom. The highest BCUT2D eigenvalue weighted by molar-refractivity contribution is 9.10. The number of carbonyl (C=O) groups excluding carboxylic acids is 2. The average molecular weight is 376 g/mol. The lowest BCUT2D eigenvalue weighted by Crippen LogP contribution is -2.33. The van der Waals surface area contributed by atoms with Gasteiger partial charge in [-0.15, -0.1) is 0 Å². The third kappa shape index (κ3) is 5.83. The van der Waals surface area contributed by atoms with E-state index in [1.54, 1.807) is 12.4 Å². The van der Waals surface area contributed by atoms with Crippen molar-refractivity contribution < 1.29 is 9.59 Å². The van der Waals surface area contributed by atoms with Crippen LogP contribution < -0.4 is 10.6 Å². The zero-order valence-electron chi connectivity index (χ0n) is 12.8. The Balaban J connectivity index is 1.74. The lowest BCUT2D eigenvalue weighted by molar-refractivity contribution is -0.124. The Morgan fingerprint density at radius 1 is 1.22 bits per heavy atom. The largest absolute Gasteiger partial charge is 0.347 e. The van der Waals surface area contributed by atoms with Crippen molar-refractivity contribution in [3.8, 4) is 0 Å². The van der Waals surface area contributed by atoms with Gasteiger partial charge in [-0.25, -0.2) is 0 Å². The maximum absolute atomic E-state index is 11.9. The highest BCUT2D eigenvalue weighted by atomic mass is 79.9. The molecular formula is C17H18BrN3O2. The van der Waals surface area contributed by atoms with E-state index >= 15 is 0 Å². The summed E-state index contributed by atoms with van der Waals surface area (Å²) < 4.78 is 0.955. The van der Waals surface area contributed by atoms with E-state index < -0.39 is 0 Å². The van der Waals surface area contributed by atoms with E-state index in [0.717, 1.165) is 21.3 Å². The fraction of sp³-hybridized carbons (Fsp3) is 0.235. The molecule has 0 aliphatic carbocycles. The molecule has 0 spiro atoms. The maximum Gasteiger partial charge on any atom is 0.243 e. The number of nitrogens with zero attached hydrogens (tertiary/aromatic N) is 1. The van der Waals surface area contributed by atoms with Crippen molar-refractivity contribution in [2.75, 3.05) is 11.9 Å². The number of hydrogen-bond acceptors (Lipinski definition) is 3. The number of benzene rings is 1. The Morgan fingerprint density at radius 3 is 2.74 bits per heavy atom. The minimum absolute atomic E-state index is 0.0403. The Hall–Kier alpha value is -2.21. The highest BCUT2D eigenvalue weighted by Gasteiger charge is 2.08. The Labute approximate surface area is 143 Å². The van der Waals surface area contributed by atoms with Crippen LogP contribution in [-0.2, 0) is 16.0 Å². The van der Waals surface area contributed by atoms with Crippen LogP contribution in [0.5, 0.6) is 0 Å². The van der Waals surface area contributed by atoms with Crippen LogP contribution >= 0.6 is 15.9 Å². The standard InChI is InChI=1S/C17H18BrN3O2/c1-12-9-14(18)5-6-15(12)21-17(23)11-20-16(22)7-4-13-3-2-8-19-10-13/h2-3,5-6,8-10H,4,7,11H2,1H3,(H,20,22)(H,21,23). The molecule has 0 unspecified atom stereocenters. The second-order valence-electron chi connectivity index (χ2n) is 5.15. The van der Waals surface area contributed by atoms with Crippen molar-refractivity contribution in [1.82, 2.24) is 10.3 Å². The summed E-state index contributed by atoms with van der Waals surface area (Å²) in [7, 11) is 0. The second-order valence-corrected chi connectivity index (χ2v) is 6.06. The number of carbonyl (C=O) groups is 2. The van der Waals surface area contributed by atoms with Gasteiger partial charge >= 0.3 is 0 Å². The summed E-state index contributed by atoms with van der Waals surface area (Å²) in [6.07, 6.45) is 4.36. The number of halogens is 1. The lowest BCUT2D eigenvalue weighted by Gasteiger charge is -2.09. The number of rotatable bonds is 6. The van der Waals surface area contributed by atoms with Gasteiger partial charge < -0.3 is 10.6 Å². The van der Waals surface area contributed by atoms with E-state index in [-0.39, 0.29) is 18.4 Å². The summed E-state index contributed by atoms with van der Waals surface area (Å²) in [6.45, 7) is 1.87.